The van der Waals surface area contributed by atoms with Gasteiger partial charge in [-0.15, -0.1) is 0 Å². The van der Waals surface area contributed by atoms with E-state index in [9.17, 15) is 20.1 Å². The van der Waals surface area contributed by atoms with Gasteiger partial charge < -0.3 is 35.9 Å². The zero-order valence-corrected chi connectivity index (χ0v) is 31.7. The molecule has 0 saturated carbocycles. The molecule has 0 amide bonds. The number of carboxylic acids is 1. The van der Waals surface area contributed by atoms with Crippen LogP contribution in [-0.4, -0.2) is 84.9 Å². The lowest BCUT2D eigenvalue weighted by molar-refractivity contribution is -0.133. The molecule has 0 aromatic heterocycles. The fourth-order valence-corrected chi connectivity index (χ4v) is 27.0. The first-order chi connectivity index (χ1) is 16.3. The van der Waals surface area contributed by atoms with Gasteiger partial charge in [0.1, 0.15) is 0 Å². The third-order valence-electron chi connectivity index (χ3n) is 4.33. The molecule has 0 aliphatic carbocycles. The highest BCUT2D eigenvalue weighted by molar-refractivity contribution is 6.94. The molecule has 0 spiro atoms. The van der Waals surface area contributed by atoms with E-state index in [1.54, 1.807) is 0 Å². The van der Waals surface area contributed by atoms with Gasteiger partial charge in [0.15, 0.2) is 33.3 Å². The molecular weight excluding hydrogens is 577 g/mol. The number of aliphatic hydroxyl groups excluding tert-OH is 2. The first-order valence-electron chi connectivity index (χ1n) is 13.0. The Labute approximate surface area is 231 Å². The summed E-state index contributed by atoms with van der Waals surface area (Å²) in [6.07, 6.45) is -0.508. The molecule has 1 atom stereocenters. The number of allylic oxidation sites excluding steroid dienone is 1. The van der Waals surface area contributed by atoms with E-state index >= 15 is 0 Å². The second kappa shape index (κ2) is 13.7. The van der Waals surface area contributed by atoms with Gasteiger partial charge in [0.05, 0.1) is 12.7 Å². The summed E-state index contributed by atoms with van der Waals surface area (Å²) in [5.41, 5.74) is -0.0241. The second-order valence-corrected chi connectivity index (χ2v) is 37.9. The van der Waals surface area contributed by atoms with Crippen LogP contribution in [-0.2, 0) is 25.4 Å². The highest BCUT2D eigenvalue weighted by Gasteiger charge is 2.59. The number of hydrogen-bond acceptors (Lipinski definition) is 8. The van der Waals surface area contributed by atoms with Crippen molar-refractivity contribution >= 4 is 56.8 Å². The Kier molecular flexibility index (Phi) is 13.8. The average molecular weight is 631 g/mol. The van der Waals surface area contributed by atoms with Crippen LogP contribution in [0.2, 0.25) is 85.1 Å². The number of carbonyl (C=O) groups is 1. The quantitative estimate of drug-likeness (QED) is 0.144. The summed E-state index contributed by atoms with van der Waals surface area (Å²) in [5.74, 6) is -1.18. The van der Waals surface area contributed by atoms with Gasteiger partial charge in [0, 0.05) is 23.7 Å². The highest BCUT2D eigenvalue weighted by Crippen LogP contribution is 2.38. The van der Waals surface area contributed by atoms with Crippen LogP contribution < -0.4 is 0 Å². The predicted octanol–water partition coefficient (Wildman–Crippen LogP) is 5.38. The monoisotopic (exact) mass is 630 g/mol. The van der Waals surface area contributed by atoms with Crippen LogP contribution in [0, 0.1) is 0 Å². The Morgan fingerprint density at radius 1 is 0.703 bits per heavy atom. The van der Waals surface area contributed by atoms with Gasteiger partial charge in [0.25, 0.3) is 0 Å². The van der Waals surface area contributed by atoms with Gasteiger partial charge in [-0.1, -0.05) is 13.3 Å². The number of aliphatic hydroxyl groups is 2. The topological polar surface area (TPSA) is 124 Å². The lowest BCUT2D eigenvalue weighted by Crippen LogP contribution is -2.67. The molecule has 1 unspecified atom stereocenters. The van der Waals surface area contributed by atoms with Crippen molar-refractivity contribution < 1.29 is 40.7 Å². The minimum atomic E-state index is -3.97. The molecule has 3 N–H and O–H groups in total. The average Bonchev–Trinajstić information content (AvgIpc) is 2.57. The first kappa shape index (κ1) is 37.2. The van der Waals surface area contributed by atoms with Crippen molar-refractivity contribution in [3.05, 3.63) is 10.8 Å². The van der Waals surface area contributed by atoms with Crippen molar-refractivity contribution in [3.8, 4) is 0 Å². The standard InChI is InChI=1S/C22H54O9Si6/c1-15-16-21(20(22(25)26)17-19(24)18-23)37(29-34(8,9)10,30-35(11,12)13)31-36(14,27-32(2,3)4)28-33(5,6)7/h19,23-24H,15-18H2,1-14H3,(H,25,26). The van der Waals surface area contributed by atoms with Crippen LogP contribution in [0.3, 0.4) is 0 Å². The van der Waals surface area contributed by atoms with E-state index in [0.717, 1.165) is 0 Å². The zero-order valence-electron chi connectivity index (χ0n) is 25.7. The van der Waals surface area contributed by atoms with Gasteiger partial charge in [-0.25, -0.2) is 4.79 Å². The summed E-state index contributed by atoms with van der Waals surface area (Å²) in [4.78, 5) is 12.7. The highest BCUT2D eigenvalue weighted by atomic mass is 28.5. The fourth-order valence-electron chi connectivity index (χ4n) is 3.85. The molecule has 0 aliphatic rings. The second-order valence-electron chi connectivity index (χ2n) is 13.4. The molecular formula is C22H54O9Si6. The Balaban J connectivity index is 7.67. The van der Waals surface area contributed by atoms with E-state index in [1.807, 2.05) is 52.8 Å². The number of carboxylic acid groups (broad SMARTS) is 1. The molecule has 0 aromatic rings. The molecule has 0 aliphatic heterocycles. The van der Waals surface area contributed by atoms with Crippen LogP contribution in [0.25, 0.3) is 0 Å². The summed E-state index contributed by atoms with van der Waals surface area (Å²) in [7, 11) is -16.6. The van der Waals surface area contributed by atoms with E-state index in [2.05, 4.69) is 39.3 Å². The lowest BCUT2D eigenvalue weighted by atomic mass is 10.1. The van der Waals surface area contributed by atoms with Crippen molar-refractivity contribution in [2.24, 2.45) is 0 Å². The molecule has 0 bridgehead atoms. The Morgan fingerprint density at radius 2 is 1.08 bits per heavy atom. The van der Waals surface area contributed by atoms with Crippen LogP contribution in [0.4, 0.5) is 0 Å². The van der Waals surface area contributed by atoms with E-state index in [0.29, 0.717) is 18.0 Å². The van der Waals surface area contributed by atoms with Gasteiger partial charge >= 0.3 is 23.6 Å². The maximum atomic E-state index is 12.7. The summed E-state index contributed by atoms with van der Waals surface area (Å²) >= 11 is 0. The molecule has 220 valence electrons. The summed E-state index contributed by atoms with van der Waals surface area (Å²) in [6.45, 7) is 27.8. The summed E-state index contributed by atoms with van der Waals surface area (Å²) in [6, 6.07) is 0. The fraction of sp³-hybridized carbons (Fsp3) is 0.864. The Hall–Kier alpha value is 0.231. The summed E-state index contributed by atoms with van der Waals surface area (Å²) in [5, 5.41) is 30.6. The van der Waals surface area contributed by atoms with Crippen LogP contribution in [0.15, 0.2) is 10.8 Å². The van der Waals surface area contributed by atoms with Crippen LogP contribution in [0.1, 0.15) is 26.2 Å². The first-order valence-corrected chi connectivity index (χ1v) is 30.6. The van der Waals surface area contributed by atoms with E-state index in [-0.39, 0.29) is 12.0 Å². The SMILES string of the molecule is CCCC(=C(CC(O)CO)C(=O)O)[Si](O[Si](C)(C)C)(O[Si](C)(C)C)O[Si](C)(O[Si](C)(C)C)O[Si](C)(C)C. The maximum absolute atomic E-state index is 12.7. The largest absolute Gasteiger partial charge is 0.505 e. The van der Waals surface area contributed by atoms with E-state index in [1.165, 1.54) is 0 Å². The molecule has 0 rings (SSSR count). The number of aliphatic carboxylic acids is 1. The predicted molar refractivity (Wildman–Crippen MR) is 163 cm³/mol. The Bertz CT molecular complexity index is 747. The molecule has 15 heteroatoms. The van der Waals surface area contributed by atoms with Crippen molar-refractivity contribution in [1.82, 2.24) is 0 Å². The van der Waals surface area contributed by atoms with E-state index < -0.39 is 69.6 Å². The smallest absolute Gasteiger partial charge is 0.478 e. The van der Waals surface area contributed by atoms with Gasteiger partial charge in [-0.05, 0) is 85.0 Å². The third-order valence-corrected chi connectivity index (χ3v) is 23.1. The molecule has 37 heavy (non-hydrogen) atoms. The normalized spacial score (nSPS) is 16.0. The number of hydrogen-bond donors (Lipinski definition) is 3. The van der Waals surface area contributed by atoms with Crippen molar-refractivity contribution in [2.45, 2.75) is 117 Å². The van der Waals surface area contributed by atoms with Crippen molar-refractivity contribution in [3.63, 3.8) is 0 Å². The third kappa shape index (κ3) is 15.0. The molecule has 0 heterocycles. The lowest BCUT2D eigenvalue weighted by Gasteiger charge is -2.47. The van der Waals surface area contributed by atoms with Crippen LogP contribution in [0.5, 0.6) is 0 Å². The van der Waals surface area contributed by atoms with Crippen LogP contribution >= 0.6 is 0 Å². The summed E-state index contributed by atoms with van der Waals surface area (Å²) < 4.78 is 34.2. The molecule has 0 radical (unpaired) electrons. The zero-order chi connectivity index (χ0) is 29.7. The Morgan fingerprint density at radius 3 is 1.35 bits per heavy atom. The molecule has 9 nitrogen and oxygen atoms in total. The van der Waals surface area contributed by atoms with Gasteiger partial charge in [-0.3, -0.25) is 0 Å². The van der Waals surface area contributed by atoms with Gasteiger partial charge in [0.2, 0.25) is 0 Å². The van der Waals surface area contributed by atoms with Crippen molar-refractivity contribution in [1.29, 1.82) is 0 Å². The number of rotatable bonds is 17. The van der Waals surface area contributed by atoms with E-state index in [4.69, 9.17) is 20.6 Å². The molecule has 0 fully saturated rings. The maximum Gasteiger partial charge on any atom is 0.505 e. The van der Waals surface area contributed by atoms with Crippen molar-refractivity contribution in [2.75, 3.05) is 6.61 Å². The van der Waals surface area contributed by atoms with Gasteiger partial charge in [-0.2, -0.15) is 0 Å². The molecule has 0 aromatic carbocycles. The minimum Gasteiger partial charge on any atom is -0.478 e. The molecule has 0 saturated heterocycles. The minimum absolute atomic E-state index is 0.0241.